The third-order valence-electron chi connectivity index (χ3n) is 6.46. The number of carbonyl (C=O) groups excluding carboxylic acids is 1. The summed E-state index contributed by atoms with van der Waals surface area (Å²) in [7, 11) is 0. The molecule has 0 bridgehead atoms. The van der Waals surface area contributed by atoms with Gasteiger partial charge in [-0.05, 0) is 49.9 Å². The van der Waals surface area contributed by atoms with E-state index in [0.29, 0.717) is 19.4 Å². The van der Waals surface area contributed by atoms with Crippen molar-refractivity contribution in [3.63, 3.8) is 0 Å². The minimum absolute atomic E-state index is 0.126. The zero-order valence-electron chi connectivity index (χ0n) is 15.6. The smallest absolute Gasteiger partial charge is 0.225 e. The van der Waals surface area contributed by atoms with Crippen LogP contribution in [-0.4, -0.2) is 46.2 Å². The van der Waals surface area contributed by atoms with Crippen LogP contribution < -0.4 is 4.90 Å². The highest BCUT2D eigenvalue weighted by molar-refractivity contribution is 5.81. The predicted molar refractivity (Wildman–Crippen MR) is 102 cm³/mol. The van der Waals surface area contributed by atoms with E-state index in [1.807, 2.05) is 17.2 Å². The Morgan fingerprint density at radius 1 is 1.33 bits per heavy atom. The Labute approximate surface area is 158 Å². The minimum atomic E-state index is -0.794. The van der Waals surface area contributed by atoms with Crippen molar-refractivity contribution in [3.05, 3.63) is 42.4 Å². The molecule has 4 heterocycles. The normalized spacial score (nSPS) is 28.8. The fourth-order valence-electron chi connectivity index (χ4n) is 5.08. The van der Waals surface area contributed by atoms with Gasteiger partial charge in [-0.1, -0.05) is 6.92 Å². The van der Waals surface area contributed by atoms with Crippen LogP contribution in [0.3, 0.4) is 0 Å². The molecular formula is C21H25FN4O. The summed E-state index contributed by atoms with van der Waals surface area (Å²) in [6.07, 6.45) is 5.81. The Kier molecular flexibility index (Phi) is 3.78. The maximum Gasteiger partial charge on any atom is 0.225 e. The largest absolute Gasteiger partial charge is 0.355 e. The fraction of sp³-hybridized carbons (Fsp3) is 0.524. The summed E-state index contributed by atoms with van der Waals surface area (Å²) in [6.45, 7) is 4.50. The van der Waals surface area contributed by atoms with E-state index < -0.39 is 6.17 Å². The summed E-state index contributed by atoms with van der Waals surface area (Å²) >= 11 is 0. The van der Waals surface area contributed by atoms with Crippen LogP contribution >= 0.6 is 0 Å². The van der Waals surface area contributed by atoms with Crippen molar-refractivity contribution >= 4 is 11.6 Å². The number of hydrogen-bond donors (Lipinski definition) is 0. The van der Waals surface area contributed by atoms with Gasteiger partial charge in [-0.15, -0.1) is 0 Å². The third-order valence-corrected chi connectivity index (χ3v) is 6.46. The summed E-state index contributed by atoms with van der Waals surface area (Å²) in [5.74, 6) is 0.965. The number of nitrogens with zero attached hydrogens (tertiary/aromatic N) is 4. The highest BCUT2D eigenvalue weighted by atomic mass is 19.1. The molecule has 2 aromatic rings. The molecule has 142 valence electrons. The van der Waals surface area contributed by atoms with Gasteiger partial charge in [0.05, 0.1) is 11.4 Å². The highest BCUT2D eigenvalue weighted by Crippen LogP contribution is 2.47. The van der Waals surface area contributed by atoms with E-state index in [2.05, 4.69) is 45.8 Å². The first-order valence-electron chi connectivity index (χ1n) is 9.98. The number of alkyl halides is 1. The average molecular weight is 368 g/mol. The van der Waals surface area contributed by atoms with Crippen LogP contribution in [0.5, 0.6) is 0 Å². The fourth-order valence-corrected chi connectivity index (χ4v) is 5.08. The van der Waals surface area contributed by atoms with E-state index >= 15 is 0 Å². The van der Waals surface area contributed by atoms with Gasteiger partial charge in [0.25, 0.3) is 0 Å². The number of aromatic nitrogens is 2. The Morgan fingerprint density at radius 2 is 2.19 bits per heavy atom. The number of carbonyl (C=O) groups is 1. The molecule has 2 aromatic heterocycles. The number of anilines is 1. The number of fused-ring (bicyclic) bond motifs is 4. The summed E-state index contributed by atoms with van der Waals surface area (Å²) < 4.78 is 15.4. The van der Waals surface area contributed by atoms with Crippen molar-refractivity contribution in [2.45, 2.75) is 44.3 Å². The van der Waals surface area contributed by atoms with Crippen LogP contribution in [-0.2, 0) is 10.3 Å². The SMILES string of the molecule is CCCN1c2cccnc2-n2cccc2[C@]12CCN(C(=O)C1CC(F)C1)C2. The molecule has 1 aliphatic carbocycles. The summed E-state index contributed by atoms with van der Waals surface area (Å²) in [5.41, 5.74) is 2.10. The van der Waals surface area contributed by atoms with Gasteiger partial charge in [0.2, 0.25) is 5.91 Å². The number of pyridine rings is 1. The molecule has 5 nitrogen and oxygen atoms in total. The van der Waals surface area contributed by atoms with Gasteiger partial charge in [-0.3, -0.25) is 4.79 Å². The van der Waals surface area contributed by atoms with Crippen molar-refractivity contribution < 1.29 is 9.18 Å². The van der Waals surface area contributed by atoms with Crippen molar-refractivity contribution in [2.75, 3.05) is 24.5 Å². The molecule has 1 spiro atoms. The van der Waals surface area contributed by atoms with Gasteiger partial charge >= 0.3 is 0 Å². The number of halogens is 1. The molecule has 5 rings (SSSR count). The molecule has 1 saturated carbocycles. The molecule has 0 radical (unpaired) electrons. The lowest BCUT2D eigenvalue weighted by molar-refractivity contribution is -0.139. The quantitative estimate of drug-likeness (QED) is 0.835. The van der Waals surface area contributed by atoms with Crippen LogP contribution in [0.25, 0.3) is 5.82 Å². The topological polar surface area (TPSA) is 41.4 Å². The lowest BCUT2D eigenvalue weighted by atomic mass is 9.82. The van der Waals surface area contributed by atoms with Crippen LogP contribution in [0, 0.1) is 5.92 Å². The summed E-state index contributed by atoms with van der Waals surface area (Å²) in [5, 5.41) is 0. The van der Waals surface area contributed by atoms with Gasteiger partial charge in [0, 0.05) is 37.9 Å². The second-order valence-corrected chi connectivity index (χ2v) is 8.07. The second-order valence-electron chi connectivity index (χ2n) is 8.07. The Bertz CT molecular complexity index is 875. The van der Waals surface area contributed by atoms with Gasteiger partial charge in [-0.2, -0.15) is 0 Å². The maximum atomic E-state index is 13.3. The van der Waals surface area contributed by atoms with Crippen LogP contribution in [0.4, 0.5) is 10.1 Å². The first kappa shape index (κ1) is 16.8. The molecule has 0 aromatic carbocycles. The lowest BCUT2D eigenvalue weighted by Gasteiger charge is -2.47. The molecule has 1 atom stereocenters. The zero-order valence-corrected chi connectivity index (χ0v) is 15.6. The average Bonchev–Trinajstić information content (AvgIpc) is 3.31. The molecule has 1 saturated heterocycles. The van der Waals surface area contributed by atoms with Crippen LogP contribution in [0.2, 0.25) is 0 Å². The van der Waals surface area contributed by atoms with Gasteiger partial charge in [0.1, 0.15) is 11.7 Å². The van der Waals surface area contributed by atoms with E-state index in [1.165, 1.54) is 5.69 Å². The number of likely N-dealkylation sites (tertiary alicyclic amines) is 1. The molecule has 0 N–H and O–H groups in total. The zero-order chi connectivity index (χ0) is 18.6. The lowest BCUT2D eigenvalue weighted by Crippen LogP contribution is -2.53. The van der Waals surface area contributed by atoms with Gasteiger partial charge < -0.3 is 14.4 Å². The van der Waals surface area contributed by atoms with Crippen molar-refractivity contribution in [1.82, 2.24) is 14.5 Å². The van der Waals surface area contributed by atoms with Crippen LogP contribution in [0.15, 0.2) is 36.7 Å². The van der Waals surface area contributed by atoms with E-state index in [9.17, 15) is 9.18 Å². The standard InChI is InChI=1S/C21H25FN4O/c1-2-9-26-17-5-3-8-23-19(17)25-10-4-6-18(25)21(26)7-11-24(14-21)20(27)15-12-16(22)13-15/h3-6,8,10,15-16H,2,7,9,11-14H2,1H3/t15?,16?,21-/m1/s1. The van der Waals surface area contributed by atoms with E-state index in [0.717, 1.165) is 37.4 Å². The molecular weight excluding hydrogens is 343 g/mol. The monoisotopic (exact) mass is 368 g/mol. The Hall–Kier alpha value is -2.37. The van der Waals surface area contributed by atoms with Crippen molar-refractivity contribution in [2.24, 2.45) is 5.92 Å². The molecule has 27 heavy (non-hydrogen) atoms. The van der Waals surface area contributed by atoms with E-state index in [4.69, 9.17) is 0 Å². The van der Waals surface area contributed by atoms with E-state index in [-0.39, 0.29) is 17.4 Å². The van der Waals surface area contributed by atoms with Gasteiger partial charge in [-0.25, -0.2) is 9.37 Å². The minimum Gasteiger partial charge on any atom is -0.355 e. The number of rotatable bonds is 3. The first-order valence-corrected chi connectivity index (χ1v) is 9.98. The molecule has 1 amide bonds. The third kappa shape index (κ3) is 2.35. The van der Waals surface area contributed by atoms with Crippen molar-refractivity contribution in [1.29, 1.82) is 0 Å². The Morgan fingerprint density at radius 3 is 2.96 bits per heavy atom. The summed E-state index contributed by atoms with van der Waals surface area (Å²) in [6, 6.07) is 8.34. The first-order chi connectivity index (χ1) is 13.1. The molecule has 2 aliphatic heterocycles. The predicted octanol–water partition coefficient (Wildman–Crippen LogP) is 3.28. The maximum absolute atomic E-state index is 13.3. The molecule has 6 heteroatoms. The number of amides is 1. The second kappa shape index (κ2) is 6.08. The van der Waals surface area contributed by atoms with E-state index in [1.54, 1.807) is 0 Å². The molecule has 2 fully saturated rings. The number of hydrogen-bond acceptors (Lipinski definition) is 3. The van der Waals surface area contributed by atoms with Crippen LogP contribution in [0.1, 0.15) is 38.3 Å². The van der Waals surface area contributed by atoms with Crippen molar-refractivity contribution in [3.8, 4) is 5.82 Å². The summed E-state index contributed by atoms with van der Waals surface area (Å²) in [4.78, 5) is 21.9. The molecule has 0 unspecified atom stereocenters. The molecule has 3 aliphatic rings. The van der Waals surface area contributed by atoms with Gasteiger partial charge in [0.15, 0.2) is 5.82 Å². The Balaban J connectivity index is 1.54. The highest BCUT2D eigenvalue weighted by Gasteiger charge is 2.51.